The molecule has 2 heteroatoms. The predicted molar refractivity (Wildman–Crippen MR) is 91.6 cm³/mol. The SMILES string of the molecule is CCCCCCCCCCCCC(=O)c1ccc(N)cc1. The van der Waals surface area contributed by atoms with Gasteiger partial charge < -0.3 is 5.73 Å². The molecule has 21 heavy (non-hydrogen) atoms. The molecule has 0 saturated carbocycles. The summed E-state index contributed by atoms with van der Waals surface area (Å²) in [5.41, 5.74) is 7.13. The van der Waals surface area contributed by atoms with Crippen LogP contribution in [-0.2, 0) is 0 Å². The number of rotatable bonds is 12. The van der Waals surface area contributed by atoms with E-state index in [1.807, 2.05) is 12.1 Å². The average Bonchev–Trinajstić information content (AvgIpc) is 2.49. The molecule has 2 N–H and O–H groups in total. The molecule has 0 atom stereocenters. The lowest BCUT2D eigenvalue weighted by molar-refractivity contribution is 0.0979. The fourth-order valence-corrected chi connectivity index (χ4v) is 2.59. The third-order valence-corrected chi connectivity index (χ3v) is 3.99. The fourth-order valence-electron chi connectivity index (χ4n) is 2.59. The van der Waals surface area contributed by atoms with Crippen LogP contribution in [0.5, 0.6) is 0 Å². The maximum atomic E-state index is 12.0. The van der Waals surface area contributed by atoms with Crippen molar-refractivity contribution in [2.45, 2.75) is 77.6 Å². The number of carbonyl (C=O) groups is 1. The molecule has 0 aliphatic heterocycles. The molecule has 0 spiro atoms. The van der Waals surface area contributed by atoms with E-state index in [0.717, 1.165) is 12.0 Å². The Morgan fingerprint density at radius 1 is 0.810 bits per heavy atom. The van der Waals surface area contributed by atoms with Gasteiger partial charge >= 0.3 is 0 Å². The van der Waals surface area contributed by atoms with Crippen molar-refractivity contribution in [2.24, 2.45) is 0 Å². The molecule has 1 rings (SSSR count). The highest BCUT2D eigenvalue weighted by Gasteiger charge is 2.04. The van der Waals surface area contributed by atoms with Crippen LogP contribution in [0.15, 0.2) is 24.3 Å². The van der Waals surface area contributed by atoms with Crippen LogP contribution in [-0.4, -0.2) is 5.78 Å². The number of nitrogen functional groups attached to an aromatic ring is 1. The molecule has 0 aliphatic rings. The highest BCUT2D eigenvalue weighted by Crippen LogP contribution is 2.13. The summed E-state index contributed by atoms with van der Waals surface area (Å²) in [6.45, 7) is 2.26. The van der Waals surface area contributed by atoms with Gasteiger partial charge in [0.2, 0.25) is 0 Å². The van der Waals surface area contributed by atoms with Gasteiger partial charge in [-0.2, -0.15) is 0 Å². The monoisotopic (exact) mass is 289 g/mol. The molecule has 0 saturated heterocycles. The maximum absolute atomic E-state index is 12.0. The van der Waals surface area contributed by atoms with Gasteiger partial charge in [-0.25, -0.2) is 0 Å². The minimum Gasteiger partial charge on any atom is -0.399 e. The highest BCUT2D eigenvalue weighted by molar-refractivity contribution is 5.96. The highest BCUT2D eigenvalue weighted by atomic mass is 16.1. The number of ketones is 1. The van der Waals surface area contributed by atoms with Crippen molar-refractivity contribution < 1.29 is 4.79 Å². The number of hydrogen-bond acceptors (Lipinski definition) is 2. The van der Waals surface area contributed by atoms with E-state index >= 15 is 0 Å². The normalized spacial score (nSPS) is 10.7. The molecule has 0 aliphatic carbocycles. The van der Waals surface area contributed by atoms with Crippen molar-refractivity contribution in [1.82, 2.24) is 0 Å². The Balaban J connectivity index is 1.96. The summed E-state index contributed by atoms with van der Waals surface area (Å²) in [7, 11) is 0. The van der Waals surface area contributed by atoms with Crippen molar-refractivity contribution in [3.63, 3.8) is 0 Å². The van der Waals surface area contributed by atoms with Gasteiger partial charge in [0.15, 0.2) is 5.78 Å². The number of hydrogen-bond donors (Lipinski definition) is 1. The first-order valence-electron chi connectivity index (χ1n) is 8.62. The van der Waals surface area contributed by atoms with Crippen molar-refractivity contribution in [3.8, 4) is 0 Å². The standard InChI is InChI=1S/C19H31NO/c1-2-3-4-5-6-7-8-9-10-11-12-19(21)17-13-15-18(20)16-14-17/h13-16H,2-12,20H2,1H3. The first-order chi connectivity index (χ1) is 10.2. The molecule has 0 heterocycles. The largest absolute Gasteiger partial charge is 0.399 e. The van der Waals surface area contributed by atoms with Crippen LogP contribution in [0.2, 0.25) is 0 Å². The van der Waals surface area contributed by atoms with Gasteiger partial charge in [-0.15, -0.1) is 0 Å². The Hall–Kier alpha value is -1.31. The lowest BCUT2D eigenvalue weighted by Gasteiger charge is -2.03. The minimum atomic E-state index is 0.245. The number of unbranched alkanes of at least 4 members (excludes halogenated alkanes) is 9. The lowest BCUT2D eigenvalue weighted by Crippen LogP contribution is -1.99. The van der Waals surface area contributed by atoms with E-state index in [2.05, 4.69) is 6.92 Å². The summed E-state index contributed by atoms with van der Waals surface area (Å²) in [5, 5.41) is 0. The Morgan fingerprint density at radius 2 is 1.29 bits per heavy atom. The fraction of sp³-hybridized carbons (Fsp3) is 0.632. The van der Waals surface area contributed by atoms with Crippen LogP contribution in [0.1, 0.15) is 87.9 Å². The van der Waals surface area contributed by atoms with Crippen molar-refractivity contribution in [3.05, 3.63) is 29.8 Å². The van der Waals surface area contributed by atoms with Gasteiger partial charge in [-0.1, -0.05) is 64.7 Å². The second-order valence-corrected chi connectivity index (χ2v) is 5.98. The third-order valence-electron chi connectivity index (χ3n) is 3.99. The molecule has 0 amide bonds. The van der Waals surface area contributed by atoms with Gasteiger partial charge in [0.05, 0.1) is 0 Å². The van der Waals surface area contributed by atoms with Gasteiger partial charge in [-0.05, 0) is 30.7 Å². The van der Waals surface area contributed by atoms with Crippen LogP contribution in [0, 0.1) is 0 Å². The molecule has 0 radical (unpaired) electrons. The van der Waals surface area contributed by atoms with Crippen molar-refractivity contribution >= 4 is 11.5 Å². The molecular formula is C19H31NO. The Labute approximate surface area is 130 Å². The van der Waals surface area contributed by atoms with Gasteiger partial charge in [0, 0.05) is 17.7 Å². The van der Waals surface area contributed by atoms with Crippen LogP contribution < -0.4 is 5.73 Å². The van der Waals surface area contributed by atoms with E-state index < -0.39 is 0 Å². The number of carbonyl (C=O) groups excluding carboxylic acids is 1. The Kier molecular flexibility index (Phi) is 9.60. The van der Waals surface area contributed by atoms with Gasteiger partial charge in [-0.3, -0.25) is 4.79 Å². The second kappa shape index (κ2) is 11.4. The van der Waals surface area contributed by atoms with Crippen molar-refractivity contribution in [2.75, 3.05) is 5.73 Å². The van der Waals surface area contributed by atoms with Crippen LogP contribution >= 0.6 is 0 Å². The molecular weight excluding hydrogens is 258 g/mol. The Bertz CT molecular complexity index is 383. The van der Waals surface area contributed by atoms with Crippen LogP contribution in [0.4, 0.5) is 5.69 Å². The van der Waals surface area contributed by atoms with Crippen LogP contribution in [0.25, 0.3) is 0 Å². The number of anilines is 1. The molecule has 0 fully saturated rings. The number of Topliss-reactive ketones (excluding diaryl/α,β-unsaturated/α-hetero) is 1. The summed E-state index contributed by atoms with van der Waals surface area (Å²) in [4.78, 5) is 12.0. The first kappa shape index (κ1) is 17.7. The molecule has 118 valence electrons. The summed E-state index contributed by atoms with van der Waals surface area (Å²) in [6.07, 6.45) is 13.7. The number of nitrogens with two attached hydrogens (primary N) is 1. The second-order valence-electron chi connectivity index (χ2n) is 5.98. The van der Waals surface area contributed by atoms with E-state index in [4.69, 9.17) is 5.73 Å². The topological polar surface area (TPSA) is 43.1 Å². The van der Waals surface area contributed by atoms with E-state index in [1.165, 1.54) is 57.8 Å². The van der Waals surface area contributed by atoms with E-state index in [1.54, 1.807) is 12.1 Å². The predicted octanol–water partition coefficient (Wildman–Crippen LogP) is 5.76. The van der Waals surface area contributed by atoms with E-state index in [-0.39, 0.29) is 5.78 Å². The molecule has 0 aromatic heterocycles. The van der Waals surface area contributed by atoms with Crippen molar-refractivity contribution in [1.29, 1.82) is 0 Å². The summed E-state index contributed by atoms with van der Waals surface area (Å²) in [5.74, 6) is 0.245. The molecule has 1 aromatic carbocycles. The van der Waals surface area contributed by atoms with E-state index in [0.29, 0.717) is 12.1 Å². The molecule has 1 aromatic rings. The number of benzene rings is 1. The minimum absolute atomic E-state index is 0.245. The quantitative estimate of drug-likeness (QED) is 0.302. The zero-order valence-electron chi connectivity index (χ0n) is 13.6. The zero-order chi connectivity index (χ0) is 15.3. The average molecular weight is 289 g/mol. The smallest absolute Gasteiger partial charge is 0.162 e. The van der Waals surface area contributed by atoms with Crippen LogP contribution in [0.3, 0.4) is 0 Å². The zero-order valence-corrected chi connectivity index (χ0v) is 13.6. The van der Waals surface area contributed by atoms with Gasteiger partial charge in [0.25, 0.3) is 0 Å². The lowest BCUT2D eigenvalue weighted by atomic mass is 10.0. The van der Waals surface area contributed by atoms with E-state index in [9.17, 15) is 4.79 Å². The molecule has 2 nitrogen and oxygen atoms in total. The first-order valence-corrected chi connectivity index (χ1v) is 8.62. The Morgan fingerprint density at radius 3 is 1.81 bits per heavy atom. The summed E-state index contributed by atoms with van der Waals surface area (Å²) >= 11 is 0. The molecule has 0 bridgehead atoms. The maximum Gasteiger partial charge on any atom is 0.162 e. The summed E-state index contributed by atoms with van der Waals surface area (Å²) < 4.78 is 0. The molecule has 0 unspecified atom stereocenters. The summed E-state index contributed by atoms with van der Waals surface area (Å²) in [6, 6.07) is 7.25. The van der Waals surface area contributed by atoms with Gasteiger partial charge in [0.1, 0.15) is 0 Å². The third kappa shape index (κ3) is 8.54.